The van der Waals surface area contributed by atoms with Gasteiger partial charge in [0.05, 0.1) is 22.9 Å². The van der Waals surface area contributed by atoms with Crippen molar-refractivity contribution in [1.82, 2.24) is 14.8 Å². The number of nitrogens with two attached hydrogens (primary N) is 2. The van der Waals surface area contributed by atoms with Crippen molar-refractivity contribution in [2.45, 2.75) is 25.6 Å². The van der Waals surface area contributed by atoms with Crippen LogP contribution < -0.4 is 16.4 Å². The highest BCUT2D eigenvalue weighted by Gasteiger charge is 2.37. The number of halogens is 3. The number of hydrogen-bond acceptors (Lipinski definition) is 5. The number of fused-ring (bicyclic) bond motifs is 1. The molecule has 0 fully saturated rings. The zero-order chi connectivity index (χ0) is 23.2. The number of nitrogen functional groups attached to an aromatic ring is 1. The summed E-state index contributed by atoms with van der Waals surface area (Å²) < 4.78 is 40.1. The molecule has 2 amide bonds. The molecule has 11 heteroatoms. The van der Waals surface area contributed by atoms with Gasteiger partial charge in [0.1, 0.15) is 11.5 Å². The Bertz CT molecular complexity index is 1190. The Morgan fingerprint density at radius 1 is 1.19 bits per heavy atom. The van der Waals surface area contributed by atoms with Gasteiger partial charge in [0.25, 0.3) is 11.8 Å². The minimum absolute atomic E-state index is 0.00884. The first kappa shape index (κ1) is 21.3. The number of hydrogen-bond donors (Lipinski definition) is 2. The fourth-order valence-corrected chi connectivity index (χ4v) is 3.73. The molecule has 1 unspecified atom stereocenters. The fourth-order valence-electron chi connectivity index (χ4n) is 3.73. The Labute approximate surface area is 180 Å². The molecule has 4 N–H and O–H groups in total. The summed E-state index contributed by atoms with van der Waals surface area (Å²) in [5, 5.41) is 4.46. The second-order valence-electron chi connectivity index (χ2n) is 7.56. The van der Waals surface area contributed by atoms with Gasteiger partial charge in [0.15, 0.2) is 0 Å². The van der Waals surface area contributed by atoms with Gasteiger partial charge < -0.3 is 16.4 Å². The number of carbonyl (C=O) groups is 2. The van der Waals surface area contributed by atoms with Gasteiger partial charge in [0, 0.05) is 24.8 Å². The first-order chi connectivity index (χ1) is 15.1. The van der Waals surface area contributed by atoms with Crippen molar-refractivity contribution in [3.05, 3.63) is 70.7 Å². The predicted molar refractivity (Wildman–Crippen MR) is 110 cm³/mol. The lowest BCUT2D eigenvalue weighted by Gasteiger charge is -2.32. The van der Waals surface area contributed by atoms with Crippen LogP contribution in [0.1, 0.15) is 50.6 Å². The van der Waals surface area contributed by atoms with Gasteiger partial charge in [-0.3, -0.25) is 14.3 Å². The van der Waals surface area contributed by atoms with E-state index >= 15 is 0 Å². The molecule has 8 nitrogen and oxygen atoms in total. The Morgan fingerprint density at radius 2 is 1.88 bits per heavy atom. The molecule has 3 heterocycles. The minimum atomic E-state index is -4.48. The third-order valence-corrected chi connectivity index (χ3v) is 5.27. The van der Waals surface area contributed by atoms with E-state index in [4.69, 9.17) is 11.5 Å². The Balaban J connectivity index is 1.73. The molecule has 3 aromatic rings. The molecule has 1 aromatic carbocycles. The summed E-state index contributed by atoms with van der Waals surface area (Å²) in [6.07, 6.45) is -2.74. The smallest absolute Gasteiger partial charge is 0.384 e. The van der Waals surface area contributed by atoms with Crippen LogP contribution in [0.4, 0.5) is 24.7 Å². The maximum absolute atomic E-state index is 13.3. The lowest BCUT2D eigenvalue weighted by molar-refractivity contribution is -0.137. The second kappa shape index (κ2) is 7.66. The molecule has 0 spiro atoms. The number of aromatic nitrogens is 3. The molecule has 4 rings (SSSR count). The molecule has 166 valence electrons. The van der Waals surface area contributed by atoms with Crippen LogP contribution in [-0.4, -0.2) is 33.1 Å². The molecule has 32 heavy (non-hydrogen) atoms. The SMILES string of the molecule is CC1CN(c2ccc(C(F)(F)F)cc2)C(=O)c2c(C(N)=O)c(Cc3ccc(N)nc3)nn21. The Morgan fingerprint density at radius 3 is 2.44 bits per heavy atom. The summed E-state index contributed by atoms with van der Waals surface area (Å²) in [5.74, 6) is -1.05. The number of anilines is 2. The predicted octanol–water partition coefficient (Wildman–Crippen LogP) is 2.79. The van der Waals surface area contributed by atoms with E-state index in [1.165, 1.54) is 27.9 Å². The lowest BCUT2D eigenvalue weighted by Crippen LogP contribution is -2.43. The lowest BCUT2D eigenvalue weighted by atomic mass is 10.0. The number of primary amides is 1. The van der Waals surface area contributed by atoms with Crippen molar-refractivity contribution in [2.24, 2.45) is 5.73 Å². The van der Waals surface area contributed by atoms with Crippen molar-refractivity contribution in [3.63, 3.8) is 0 Å². The van der Waals surface area contributed by atoms with Crippen LogP contribution in [0.25, 0.3) is 0 Å². The van der Waals surface area contributed by atoms with Crippen LogP contribution in [0.2, 0.25) is 0 Å². The summed E-state index contributed by atoms with van der Waals surface area (Å²) in [5.41, 5.74) is 11.7. The monoisotopic (exact) mass is 444 g/mol. The highest BCUT2D eigenvalue weighted by Crippen LogP contribution is 2.33. The van der Waals surface area contributed by atoms with Crippen LogP contribution in [0.5, 0.6) is 0 Å². The molecule has 0 aliphatic carbocycles. The molecule has 0 radical (unpaired) electrons. The zero-order valence-corrected chi connectivity index (χ0v) is 16.9. The van der Waals surface area contributed by atoms with Gasteiger partial charge in [-0.25, -0.2) is 4.98 Å². The van der Waals surface area contributed by atoms with Crippen molar-refractivity contribution in [3.8, 4) is 0 Å². The van der Waals surface area contributed by atoms with Crippen LogP contribution in [0.3, 0.4) is 0 Å². The zero-order valence-electron chi connectivity index (χ0n) is 16.9. The third kappa shape index (κ3) is 3.77. The van der Waals surface area contributed by atoms with Crippen molar-refractivity contribution in [1.29, 1.82) is 0 Å². The van der Waals surface area contributed by atoms with E-state index in [1.807, 2.05) is 0 Å². The maximum atomic E-state index is 13.3. The Kier molecular flexibility index (Phi) is 5.11. The summed E-state index contributed by atoms with van der Waals surface area (Å²) in [6, 6.07) is 7.26. The average molecular weight is 444 g/mol. The van der Waals surface area contributed by atoms with Crippen LogP contribution in [-0.2, 0) is 12.6 Å². The molecular weight excluding hydrogens is 425 g/mol. The number of rotatable bonds is 4. The molecule has 0 saturated heterocycles. The number of alkyl halides is 3. The minimum Gasteiger partial charge on any atom is -0.384 e. The molecule has 1 atom stereocenters. The standard InChI is InChI=1S/C21H19F3N6O2/c1-11-10-29(14-5-3-13(4-6-14)21(22,23)24)20(32)18-17(19(26)31)15(28-30(11)18)8-12-2-7-16(25)27-9-12/h2-7,9,11H,8,10H2,1H3,(H2,25,27)(H2,26,31). The molecule has 0 saturated carbocycles. The van der Waals surface area contributed by atoms with Crippen molar-refractivity contribution in [2.75, 3.05) is 17.2 Å². The Hall–Kier alpha value is -3.89. The molecule has 1 aliphatic rings. The highest BCUT2D eigenvalue weighted by atomic mass is 19.4. The van der Waals surface area contributed by atoms with E-state index in [9.17, 15) is 22.8 Å². The van der Waals surface area contributed by atoms with Gasteiger partial charge in [-0.05, 0) is 42.8 Å². The van der Waals surface area contributed by atoms with Gasteiger partial charge in [-0.1, -0.05) is 6.07 Å². The number of amides is 2. The summed E-state index contributed by atoms with van der Waals surface area (Å²) in [4.78, 5) is 30.9. The van der Waals surface area contributed by atoms with Gasteiger partial charge in [0.2, 0.25) is 0 Å². The molecule has 1 aliphatic heterocycles. The molecule has 2 aromatic heterocycles. The topological polar surface area (TPSA) is 120 Å². The summed E-state index contributed by atoms with van der Waals surface area (Å²) in [6.45, 7) is 1.96. The molecule has 0 bridgehead atoms. The third-order valence-electron chi connectivity index (χ3n) is 5.27. The highest BCUT2D eigenvalue weighted by molar-refractivity contribution is 6.13. The maximum Gasteiger partial charge on any atom is 0.416 e. The molecular formula is C21H19F3N6O2. The van der Waals surface area contributed by atoms with E-state index in [0.29, 0.717) is 11.5 Å². The average Bonchev–Trinajstić information content (AvgIpc) is 3.12. The normalized spacial score (nSPS) is 16.2. The van der Waals surface area contributed by atoms with Crippen LogP contribution >= 0.6 is 0 Å². The number of benzene rings is 1. The number of carbonyl (C=O) groups excluding carboxylic acids is 2. The fraction of sp³-hybridized carbons (Fsp3) is 0.238. The number of pyridine rings is 1. The summed E-state index contributed by atoms with van der Waals surface area (Å²) >= 11 is 0. The van der Waals surface area contributed by atoms with Gasteiger partial charge in [-0.15, -0.1) is 0 Å². The van der Waals surface area contributed by atoms with Crippen molar-refractivity contribution >= 4 is 23.3 Å². The van der Waals surface area contributed by atoms with E-state index < -0.39 is 23.6 Å². The van der Waals surface area contributed by atoms with Crippen molar-refractivity contribution < 1.29 is 22.8 Å². The first-order valence-corrected chi connectivity index (χ1v) is 9.67. The van der Waals surface area contributed by atoms with E-state index in [1.54, 1.807) is 19.1 Å². The first-order valence-electron chi connectivity index (χ1n) is 9.67. The largest absolute Gasteiger partial charge is 0.416 e. The van der Waals surface area contributed by atoms with Crippen LogP contribution in [0.15, 0.2) is 42.6 Å². The number of nitrogens with zero attached hydrogens (tertiary/aromatic N) is 4. The van der Waals surface area contributed by atoms with E-state index in [2.05, 4.69) is 10.1 Å². The van der Waals surface area contributed by atoms with Gasteiger partial charge in [-0.2, -0.15) is 18.3 Å². The van der Waals surface area contributed by atoms with E-state index in [0.717, 1.165) is 17.7 Å². The quantitative estimate of drug-likeness (QED) is 0.641. The van der Waals surface area contributed by atoms with Crippen LogP contribution in [0, 0.1) is 0 Å². The van der Waals surface area contributed by atoms with Gasteiger partial charge >= 0.3 is 6.18 Å². The second-order valence-corrected chi connectivity index (χ2v) is 7.56. The summed E-state index contributed by atoms with van der Waals surface area (Å²) in [7, 11) is 0. The van der Waals surface area contributed by atoms with E-state index in [-0.39, 0.29) is 36.0 Å².